The highest BCUT2D eigenvalue weighted by atomic mass is 16.4. The fraction of sp³-hybridized carbons (Fsp3) is 0.176. The van der Waals surface area contributed by atoms with Gasteiger partial charge < -0.3 is 9.32 Å². The van der Waals surface area contributed by atoms with Gasteiger partial charge >= 0.3 is 0 Å². The lowest BCUT2D eigenvalue weighted by molar-refractivity contribution is 0.456. The zero-order valence-electron chi connectivity index (χ0n) is 11.9. The first kappa shape index (κ1) is 13.4. The standard InChI is InChI=1S/C17H17N3O/c1-20(15-10-6-3-7-11-15)13-17-19-18-16(21-17)12-14-8-4-2-5-9-14/h2-11H,12-13H2,1H3. The average molecular weight is 279 g/mol. The molecule has 3 aromatic rings. The van der Waals surface area contributed by atoms with Crippen LogP contribution in [0.4, 0.5) is 5.69 Å². The molecule has 0 N–H and O–H groups in total. The first-order chi connectivity index (χ1) is 10.3. The molecule has 2 aromatic carbocycles. The third-order valence-electron chi connectivity index (χ3n) is 3.28. The van der Waals surface area contributed by atoms with Crippen LogP contribution in [0.3, 0.4) is 0 Å². The fourth-order valence-electron chi connectivity index (χ4n) is 2.17. The van der Waals surface area contributed by atoms with Crippen LogP contribution in [0.2, 0.25) is 0 Å². The van der Waals surface area contributed by atoms with Gasteiger partial charge in [0.15, 0.2) is 0 Å². The second-order valence-electron chi connectivity index (χ2n) is 4.94. The van der Waals surface area contributed by atoms with Crippen LogP contribution in [-0.2, 0) is 13.0 Å². The maximum absolute atomic E-state index is 5.72. The van der Waals surface area contributed by atoms with Gasteiger partial charge in [-0.3, -0.25) is 0 Å². The Balaban J connectivity index is 1.65. The van der Waals surface area contributed by atoms with E-state index in [4.69, 9.17) is 4.42 Å². The molecule has 1 aromatic heterocycles. The van der Waals surface area contributed by atoms with E-state index in [9.17, 15) is 0 Å². The summed E-state index contributed by atoms with van der Waals surface area (Å²) in [6.45, 7) is 0.603. The maximum atomic E-state index is 5.72. The minimum atomic E-state index is 0.603. The summed E-state index contributed by atoms with van der Waals surface area (Å²) in [5, 5.41) is 8.23. The van der Waals surface area contributed by atoms with Gasteiger partial charge in [-0.25, -0.2) is 0 Å². The molecule has 106 valence electrons. The predicted molar refractivity (Wildman–Crippen MR) is 82.1 cm³/mol. The fourth-order valence-corrected chi connectivity index (χ4v) is 2.17. The molecule has 1 heterocycles. The molecule has 0 bridgehead atoms. The Hall–Kier alpha value is -2.62. The van der Waals surface area contributed by atoms with Crippen molar-refractivity contribution in [3.63, 3.8) is 0 Å². The van der Waals surface area contributed by atoms with Crippen LogP contribution in [0.1, 0.15) is 17.3 Å². The molecule has 0 saturated carbocycles. The minimum absolute atomic E-state index is 0.603. The van der Waals surface area contributed by atoms with Crippen LogP contribution in [-0.4, -0.2) is 17.2 Å². The Morgan fingerprint density at radius 3 is 2.19 bits per heavy atom. The molecular weight excluding hydrogens is 262 g/mol. The van der Waals surface area contributed by atoms with Gasteiger partial charge in [-0.15, -0.1) is 10.2 Å². The van der Waals surface area contributed by atoms with Gasteiger partial charge in [0.25, 0.3) is 0 Å². The van der Waals surface area contributed by atoms with E-state index in [0.29, 0.717) is 24.7 Å². The van der Waals surface area contributed by atoms with Gasteiger partial charge in [-0.1, -0.05) is 48.5 Å². The van der Waals surface area contributed by atoms with E-state index in [1.807, 2.05) is 43.4 Å². The number of hydrogen-bond acceptors (Lipinski definition) is 4. The van der Waals surface area contributed by atoms with Crippen molar-refractivity contribution in [2.24, 2.45) is 0 Å². The van der Waals surface area contributed by atoms with Gasteiger partial charge in [0.05, 0.1) is 13.0 Å². The zero-order valence-corrected chi connectivity index (χ0v) is 11.9. The first-order valence-electron chi connectivity index (χ1n) is 6.92. The summed E-state index contributed by atoms with van der Waals surface area (Å²) in [7, 11) is 2.01. The zero-order chi connectivity index (χ0) is 14.5. The molecule has 0 saturated heterocycles. The number of benzene rings is 2. The first-order valence-corrected chi connectivity index (χ1v) is 6.92. The van der Waals surface area contributed by atoms with Crippen molar-refractivity contribution in [1.29, 1.82) is 0 Å². The smallest absolute Gasteiger partial charge is 0.235 e. The van der Waals surface area contributed by atoms with E-state index >= 15 is 0 Å². The Morgan fingerprint density at radius 2 is 1.48 bits per heavy atom. The lowest BCUT2D eigenvalue weighted by Crippen LogP contribution is -2.16. The topological polar surface area (TPSA) is 42.2 Å². The summed E-state index contributed by atoms with van der Waals surface area (Å²) in [4.78, 5) is 2.08. The van der Waals surface area contributed by atoms with Crippen molar-refractivity contribution in [3.05, 3.63) is 78.0 Å². The molecule has 4 heteroatoms. The average Bonchev–Trinajstić information content (AvgIpc) is 2.96. The lowest BCUT2D eigenvalue weighted by atomic mass is 10.2. The molecule has 3 rings (SSSR count). The van der Waals surface area contributed by atoms with Gasteiger partial charge in [0.2, 0.25) is 11.8 Å². The van der Waals surface area contributed by atoms with Crippen molar-refractivity contribution >= 4 is 5.69 Å². The van der Waals surface area contributed by atoms with E-state index in [1.165, 1.54) is 5.56 Å². The van der Waals surface area contributed by atoms with E-state index < -0.39 is 0 Å². The van der Waals surface area contributed by atoms with Crippen LogP contribution in [0.5, 0.6) is 0 Å². The summed E-state index contributed by atoms with van der Waals surface area (Å²) in [6.07, 6.45) is 0.670. The number of aromatic nitrogens is 2. The van der Waals surface area contributed by atoms with Crippen molar-refractivity contribution in [1.82, 2.24) is 10.2 Å². The molecular formula is C17H17N3O. The Morgan fingerprint density at radius 1 is 0.857 bits per heavy atom. The highest BCUT2D eigenvalue weighted by molar-refractivity contribution is 5.44. The van der Waals surface area contributed by atoms with E-state index in [2.05, 4.69) is 39.4 Å². The van der Waals surface area contributed by atoms with Crippen LogP contribution >= 0.6 is 0 Å². The molecule has 0 fully saturated rings. The molecule has 0 radical (unpaired) electrons. The lowest BCUT2D eigenvalue weighted by Gasteiger charge is -2.16. The van der Waals surface area contributed by atoms with E-state index in [0.717, 1.165) is 5.69 Å². The van der Waals surface area contributed by atoms with Crippen molar-refractivity contribution in [2.75, 3.05) is 11.9 Å². The van der Waals surface area contributed by atoms with E-state index in [-0.39, 0.29) is 0 Å². The van der Waals surface area contributed by atoms with E-state index in [1.54, 1.807) is 0 Å². The highest BCUT2D eigenvalue weighted by Gasteiger charge is 2.09. The largest absolute Gasteiger partial charge is 0.423 e. The van der Waals surface area contributed by atoms with Gasteiger partial charge in [-0.05, 0) is 17.7 Å². The molecule has 0 atom stereocenters. The summed E-state index contributed by atoms with van der Waals surface area (Å²) >= 11 is 0. The maximum Gasteiger partial charge on any atom is 0.235 e. The molecule has 21 heavy (non-hydrogen) atoms. The van der Waals surface area contributed by atoms with Crippen LogP contribution < -0.4 is 4.90 Å². The highest BCUT2D eigenvalue weighted by Crippen LogP contribution is 2.15. The van der Waals surface area contributed by atoms with Crippen molar-refractivity contribution in [3.8, 4) is 0 Å². The number of rotatable bonds is 5. The number of anilines is 1. The van der Waals surface area contributed by atoms with Crippen LogP contribution in [0.25, 0.3) is 0 Å². The molecule has 0 aliphatic rings. The summed E-state index contributed by atoms with van der Waals surface area (Å²) < 4.78 is 5.72. The molecule has 0 amide bonds. The second-order valence-corrected chi connectivity index (χ2v) is 4.94. The van der Waals surface area contributed by atoms with Crippen LogP contribution in [0, 0.1) is 0 Å². The van der Waals surface area contributed by atoms with Gasteiger partial charge in [0, 0.05) is 12.7 Å². The molecule has 0 unspecified atom stereocenters. The third kappa shape index (κ3) is 3.48. The Bertz CT molecular complexity index is 680. The van der Waals surface area contributed by atoms with Crippen molar-refractivity contribution in [2.45, 2.75) is 13.0 Å². The van der Waals surface area contributed by atoms with Gasteiger partial charge in [-0.2, -0.15) is 0 Å². The summed E-state index contributed by atoms with van der Waals surface area (Å²) in [5.41, 5.74) is 2.30. The van der Waals surface area contributed by atoms with Crippen LogP contribution in [0.15, 0.2) is 65.1 Å². The molecule has 0 aliphatic carbocycles. The van der Waals surface area contributed by atoms with Gasteiger partial charge in [0.1, 0.15) is 0 Å². The molecule has 0 aliphatic heterocycles. The monoisotopic (exact) mass is 279 g/mol. The number of nitrogens with zero attached hydrogens (tertiary/aromatic N) is 3. The Kier molecular flexibility index (Phi) is 3.96. The third-order valence-corrected chi connectivity index (χ3v) is 3.28. The Labute approximate surface area is 124 Å². The summed E-state index contributed by atoms with van der Waals surface area (Å²) in [5.74, 6) is 1.28. The molecule has 0 spiro atoms. The summed E-state index contributed by atoms with van der Waals surface area (Å²) in [6, 6.07) is 20.3. The normalized spacial score (nSPS) is 10.5. The SMILES string of the molecule is CN(Cc1nnc(Cc2ccccc2)o1)c1ccccc1. The number of para-hydroxylation sites is 1. The van der Waals surface area contributed by atoms with Crippen molar-refractivity contribution < 1.29 is 4.42 Å². The molecule has 4 nitrogen and oxygen atoms in total. The predicted octanol–water partition coefficient (Wildman–Crippen LogP) is 3.30. The second kappa shape index (κ2) is 6.22. The number of hydrogen-bond donors (Lipinski definition) is 0. The minimum Gasteiger partial charge on any atom is -0.423 e. The quantitative estimate of drug-likeness (QED) is 0.718.